The summed E-state index contributed by atoms with van der Waals surface area (Å²) in [5.41, 5.74) is 0.952. The molecule has 0 aromatic heterocycles. The Morgan fingerprint density at radius 1 is 1.00 bits per heavy atom. The molecule has 13 heavy (non-hydrogen) atoms. The number of hydrogen-bond acceptors (Lipinski definition) is 0. The summed E-state index contributed by atoms with van der Waals surface area (Å²) < 4.78 is 0. The van der Waals surface area contributed by atoms with Crippen molar-refractivity contribution in [2.75, 3.05) is 0 Å². The van der Waals surface area contributed by atoms with E-state index >= 15 is 0 Å². The van der Waals surface area contributed by atoms with Crippen LogP contribution in [0.2, 0.25) is 0 Å². The summed E-state index contributed by atoms with van der Waals surface area (Å²) in [6, 6.07) is 0. The van der Waals surface area contributed by atoms with Crippen molar-refractivity contribution in [1.29, 1.82) is 0 Å². The fourth-order valence-corrected chi connectivity index (χ4v) is 1.69. The lowest BCUT2D eigenvalue weighted by Gasteiger charge is -2.42. The van der Waals surface area contributed by atoms with Gasteiger partial charge in [-0.15, -0.1) is 0 Å². The largest absolute Gasteiger partial charge is 0.0648 e. The van der Waals surface area contributed by atoms with Gasteiger partial charge in [-0.25, -0.2) is 0 Å². The molecule has 0 spiro atoms. The zero-order chi connectivity index (χ0) is 10.7. The van der Waals surface area contributed by atoms with E-state index in [1.807, 2.05) is 0 Å². The van der Waals surface area contributed by atoms with Crippen LogP contribution in [0.4, 0.5) is 0 Å². The zero-order valence-corrected chi connectivity index (χ0v) is 10.7. The van der Waals surface area contributed by atoms with Crippen molar-refractivity contribution < 1.29 is 0 Å². The van der Waals surface area contributed by atoms with E-state index in [-0.39, 0.29) is 0 Å². The number of rotatable bonds is 4. The molecule has 0 N–H and O–H groups in total. The summed E-state index contributed by atoms with van der Waals surface area (Å²) in [6.07, 6.45) is 4.02. The van der Waals surface area contributed by atoms with E-state index in [4.69, 9.17) is 0 Å². The molecule has 0 aliphatic rings. The molecular formula is C13H28. The second-order valence-corrected chi connectivity index (χ2v) is 6.10. The molecule has 0 bridgehead atoms. The van der Waals surface area contributed by atoms with Crippen LogP contribution in [0.15, 0.2) is 0 Å². The fourth-order valence-electron chi connectivity index (χ4n) is 1.69. The minimum absolute atomic E-state index is 0.441. The molecule has 0 radical (unpaired) electrons. The van der Waals surface area contributed by atoms with Gasteiger partial charge < -0.3 is 0 Å². The van der Waals surface area contributed by atoms with Gasteiger partial charge in [-0.3, -0.25) is 0 Å². The van der Waals surface area contributed by atoms with E-state index < -0.39 is 0 Å². The van der Waals surface area contributed by atoms with Gasteiger partial charge in [0.15, 0.2) is 0 Å². The summed E-state index contributed by atoms with van der Waals surface area (Å²) in [4.78, 5) is 0. The molecule has 0 nitrogen and oxygen atoms in total. The van der Waals surface area contributed by atoms with Crippen LogP contribution < -0.4 is 0 Å². The van der Waals surface area contributed by atoms with Crippen LogP contribution in [-0.4, -0.2) is 0 Å². The van der Waals surface area contributed by atoms with E-state index in [1.165, 1.54) is 19.3 Å². The predicted octanol–water partition coefficient (Wildman–Crippen LogP) is 4.89. The first kappa shape index (κ1) is 13.0. The molecule has 0 rings (SSSR count). The maximum Gasteiger partial charge on any atom is -0.0280 e. The van der Waals surface area contributed by atoms with Crippen molar-refractivity contribution in [3.05, 3.63) is 0 Å². The van der Waals surface area contributed by atoms with Crippen molar-refractivity contribution in [2.24, 2.45) is 16.7 Å². The van der Waals surface area contributed by atoms with Crippen LogP contribution in [0.3, 0.4) is 0 Å². The Balaban J connectivity index is 4.29. The molecule has 1 atom stereocenters. The normalized spacial score (nSPS) is 17.5. The average molecular weight is 184 g/mol. The molecule has 0 amide bonds. The Kier molecular flexibility index (Phi) is 4.48. The Morgan fingerprint density at radius 2 is 1.46 bits per heavy atom. The van der Waals surface area contributed by atoms with Crippen LogP contribution in [0, 0.1) is 16.7 Å². The second-order valence-electron chi connectivity index (χ2n) is 6.10. The lowest BCUT2D eigenvalue weighted by atomic mass is 9.63. The van der Waals surface area contributed by atoms with E-state index in [0.29, 0.717) is 10.8 Å². The maximum atomic E-state index is 2.44. The van der Waals surface area contributed by atoms with Gasteiger partial charge >= 0.3 is 0 Å². The smallest absolute Gasteiger partial charge is 0.0280 e. The lowest BCUT2D eigenvalue weighted by Crippen LogP contribution is -2.32. The highest BCUT2D eigenvalue weighted by molar-refractivity contribution is 4.85. The predicted molar refractivity (Wildman–Crippen MR) is 61.9 cm³/mol. The zero-order valence-electron chi connectivity index (χ0n) is 10.7. The molecular weight excluding hydrogens is 156 g/mol. The highest BCUT2D eigenvalue weighted by Gasteiger charge is 2.34. The van der Waals surface area contributed by atoms with Gasteiger partial charge in [-0.1, -0.05) is 61.3 Å². The third-order valence-electron chi connectivity index (χ3n) is 3.86. The third kappa shape index (κ3) is 3.70. The average Bonchev–Trinajstić information content (AvgIpc) is 1.98. The van der Waals surface area contributed by atoms with Gasteiger partial charge in [0.2, 0.25) is 0 Å². The first-order valence-electron chi connectivity index (χ1n) is 5.73. The molecule has 0 aromatic carbocycles. The molecule has 1 unspecified atom stereocenters. The Hall–Kier alpha value is 0. The summed E-state index contributed by atoms with van der Waals surface area (Å²) in [5, 5.41) is 0. The molecule has 0 heterocycles. The molecule has 80 valence electrons. The molecule has 0 saturated heterocycles. The van der Waals surface area contributed by atoms with Gasteiger partial charge in [0, 0.05) is 0 Å². The van der Waals surface area contributed by atoms with Gasteiger partial charge in [0.1, 0.15) is 0 Å². The molecule has 0 heteroatoms. The van der Waals surface area contributed by atoms with Gasteiger partial charge in [-0.05, 0) is 23.2 Å². The lowest BCUT2D eigenvalue weighted by molar-refractivity contribution is 0.0838. The van der Waals surface area contributed by atoms with Crippen LogP contribution in [0.1, 0.15) is 67.7 Å². The van der Waals surface area contributed by atoms with Crippen molar-refractivity contribution in [2.45, 2.75) is 67.7 Å². The maximum absolute atomic E-state index is 2.44. The van der Waals surface area contributed by atoms with Crippen molar-refractivity contribution >= 4 is 0 Å². The van der Waals surface area contributed by atoms with Gasteiger partial charge in [0.25, 0.3) is 0 Å². The van der Waals surface area contributed by atoms with E-state index in [9.17, 15) is 0 Å². The molecule has 0 fully saturated rings. The van der Waals surface area contributed by atoms with E-state index in [2.05, 4.69) is 48.5 Å². The van der Waals surface area contributed by atoms with E-state index in [1.54, 1.807) is 0 Å². The van der Waals surface area contributed by atoms with Gasteiger partial charge in [-0.2, -0.15) is 0 Å². The van der Waals surface area contributed by atoms with Crippen LogP contribution in [0.5, 0.6) is 0 Å². The first-order valence-corrected chi connectivity index (χ1v) is 5.73. The minimum Gasteiger partial charge on any atom is -0.0648 e. The summed E-state index contributed by atoms with van der Waals surface area (Å²) in [6.45, 7) is 16.5. The SMILES string of the molecule is CCC(C)(CCC(C)C)C(C)(C)C. The third-order valence-corrected chi connectivity index (χ3v) is 3.86. The quantitative estimate of drug-likeness (QED) is 0.584. The molecule has 0 aromatic rings. The second kappa shape index (κ2) is 4.48. The molecule has 0 aliphatic carbocycles. The molecule has 0 aliphatic heterocycles. The molecule has 0 saturated carbocycles. The minimum atomic E-state index is 0.441. The van der Waals surface area contributed by atoms with Crippen LogP contribution in [0.25, 0.3) is 0 Å². The van der Waals surface area contributed by atoms with Crippen LogP contribution in [-0.2, 0) is 0 Å². The Morgan fingerprint density at radius 3 is 1.69 bits per heavy atom. The van der Waals surface area contributed by atoms with Crippen molar-refractivity contribution in [3.8, 4) is 0 Å². The Bertz CT molecular complexity index is 139. The Labute approximate surface area is 85.1 Å². The highest BCUT2D eigenvalue weighted by atomic mass is 14.4. The highest BCUT2D eigenvalue weighted by Crippen LogP contribution is 2.45. The number of hydrogen-bond donors (Lipinski definition) is 0. The fraction of sp³-hybridized carbons (Fsp3) is 1.00. The first-order chi connectivity index (χ1) is 5.73. The summed E-state index contributed by atoms with van der Waals surface area (Å²) in [5.74, 6) is 0.841. The monoisotopic (exact) mass is 184 g/mol. The van der Waals surface area contributed by atoms with Crippen molar-refractivity contribution in [1.82, 2.24) is 0 Å². The topological polar surface area (TPSA) is 0 Å². The van der Waals surface area contributed by atoms with Crippen LogP contribution >= 0.6 is 0 Å². The van der Waals surface area contributed by atoms with Gasteiger partial charge in [0.05, 0.1) is 0 Å². The van der Waals surface area contributed by atoms with E-state index in [0.717, 1.165) is 5.92 Å². The van der Waals surface area contributed by atoms with Crippen molar-refractivity contribution in [3.63, 3.8) is 0 Å². The summed E-state index contributed by atoms with van der Waals surface area (Å²) >= 11 is 0. The summed E-state index contributed by atoms with van der Waals surface area (Å²) in [7, 11) is 0. The standard InChI is InChI=1S/C13H28/c1-8-13(7,12(4,5)6)10-9-11(2)3/h11H,8-10H2,1-7H3.